The number of nitriles is 1. The lowest BCUT2D eigenvalue weighted by Gasteiger charge is -2.19. The third-order valence-corrected chi connectivity index (χ3v) is 5.48. The number of nitrogens with zero attached hydrogens (tertiary/aromatic N) is 4. The highest BCUT2D eigenvalue weighted by atomic mass is 15.3. The third-order valence-electron chi connectivity index (χ3n) is 5.48. The van der Waals surface area contributed by atoms with Crippen molar-refractivity contribution in [3.05, 3.63) is 48.0 Å². The number of fused-ring (bicyclic) bond motifs is 1. The van der Waals surface area contributed by atoms with Crippen molar-refractivity contribution >= 4 is 22.9 Å². The molecule has 4 rings (SSSR count). The van der Waals surface area contributed by atoms with Gasteiger partial charge in [0.05, 0.1) is 17.1 Å². The van der Waals surface area contributed by atoms with Gasteiger partial charge in [-0.3, -0.25) is 0 Å². The number of benzene rings is 1. The van der Waals surface area contributed by atoms with Gasteiger partial charge in [-0.15, -0.1) is 0 Å². The molecule has 0 amide bonds. The van der Waals surface area contributed by atoms with Crippen LogP contribution in [0.4, 0.5) is 17.3 Å². The van der Waals surface area contributed by atoms with Gasteiger partial charge in [-0.2, -0.15) is 5.26 Å². The summed E-state index contributed by atoms with van der Waals surface area (Å²) in [6, 6.07) is 12.7. The van der Waals surface area contributed by atoms with Gasteiger partial charge in [-0.1, -0.05) is 37.8 Å². The van der Waals surface area contributed by atoms with Crippen molar-refractivity contribution in [2.24, 2.45) is 0 Å². The fourth-order valence-electron chi connectivity index (χ4n) is 4.06. The molecular weight excluding hydrogens is 348 g/mol. The highest BCUT2D eigenvalue weighted by Gasteiger charge is 2.26. The van der Waals surface area contributed by atoms with E-state index in [1.807, 2.05) is 24.3 Å². The van der Waals surface area contributed by atoms with E-state index in [0.29, 0.717) is 23.3 Å². The first kappa shape index (κ1) is 18.3. The topological polar surface area (TPSA) is 76.9 Å². The molecule has 1 aliphatic carbocycles. The molecule has 0 bridgehead atoms. The maximum atomic E-state index is 9.93. The Labute approximate surface area is 166 Å². The summed E-state index contributed by atoms with van der Waals surface area (Å²) in [5.74, 6) is 1.39. The molecule has 0 unspecified atom stereocenters. The molecule has 6 nitrogen and oxygen atoms in total. The maximum Gasteiger partial charge on any atom is 0.223 e. The molecular formula is C22H26N6. The van der Waals surface area contributed by atoms with Crippen LogP contribution < -0.4 is 15.5 Å². The van der Waals surface area contributed by atoms with Gasteiger partial charge in [0, 0.05) is 18.8 Å². The van der Waals surface area contributed by atoms with E-state index < -0.39 is 0 Å². The van der Waals surface area contributed by atoms with Crippen molar-refractivity contribution in [1.82, 2.24) is 9.97 Å². The summed E-state index contributed by atoms with van der Waals surface area (Å²) >= 11 is 0. The molecule has 28 heavy (non-hydrogen) atoms. The van der Waals surface area contributed by atoms with Crippen LogP contribution in [-0.2, 0) is 0 Å². The van der Waals surface area contributed by atoms with Crippen molar-refractivity contribution in [3.8, 4) is 6.07 Å². The Bertz CT molecular complexity index is 905. The Kier molecular flexibility index (Phi) is 5.43. The van der Waals surface area contributed by atoms with Crippen LogP contribution in [-0.4, -0.2) is 22.6 Å². The first-order valence-electron chi connectivity index (χ1n) is 10.2. The smallest absolute Gasteiger partial charge is 0.223 e. The van der Waals surface area contributed by atoms with Crippen LogP contribution in [0.15, 0.2) is 42.3 Å². The predicted octanol–water partition coefficient (Wildman–Crippen LogP) is 4.76. The number of allylic oxidation sites excluding steroid dienone is 1. The Morgan fingerprint density at radius 2 is 2.00 bits per heavy atom. The minimum atomic E-state index is 0.414. The van der Waals surface area contributed by atoms with E-state index in [1.165, 1.54) is 25.7 Å². The highest BCUT2D eigenvalue weighted by Crippen LogP contribution is 2.38. The third kappa shape index (κ3) is 3.65. The summed E-state index contributed by atoms with van der Waals surface area (Å²) in [5, 5.41) is 16.8. The van der Waals surface area contributed by atoms with Gasteiger partial charge in [-0.25, -0.2) is 9.97 Å². The van der Waals surface area contributed by atoms with Gasteiger partial charge >= 0.3 is 0 Å². The van der Waals surface area contributed by atoms with Gasteiger partial charge in [-0.05, 0) is 38.0 Å². The van der Waals surface area contributed by atoms with Crippen molar-refractivity contribution < 1.29 is 0 Å². The Balaban J connectivity index is 1.64. The second-order valence-electron chi connectivity index (χ2n) is 7.32. The standard InChI is InChI=1S/C22H26N6/c1-2-28-20-12-8-7-11-19(20)26-21(28)17(15-23)18-13-14-24-22(27-18)25-16-9-5-3-4-6-10-16/h7-8,11-14,16,26H,2-6,9-10H2,1H3,(H,24,25,27)/b21-17+. The fraction of sp³-hybridized carbons (Fsp3) is 0.409. The zero-order valence-electron chi connectivity index (χ0n) is 16.3. The molecule has 2 aromatic rings. The molecule has 2 N–H and O–H groups in total. The second-order valence-corrected chi connectivity index (χ2v) is 7.32. The van der Waals surface area contributed by atoms with Crippen molar-refractivity contribution in [2.45, 2.75) is 51.5 Å². The number of nitrogens with one attached hydrogen (secondary N) is 2. The molecule has 1 aromatic heterocycles. The first-order valence-corrected chi connectivity index (χ1v) is 10.2. The number of hydrogen-bond donors (Lipinski definition) is 2. The Morgan fingerprint density at radius 3 is 2.75 bits per heavy atom. The summed E-state index contributed by atoms with van der Waals surface area (Å²) < 4.78 is 0. The normalized spacial score (nSPS) is 18.6. The fourth-order valence-corrected chi connectivity index (χ4v) is 4.06. The SMILES string of the molecule is CCN1/C(=C(\C#N)c2ccnc(NC3CCCCCC3)n2)Nc2ccccc21. The lowest BCUT2D eigenvalue weighted by molar-refractivity contribution is 0.614. The quantitative estimate of drug-likeness (QED) is 0.594. The Morgan fingerprint density at radius 1 is 1.21 bits per heavy atom. The molecule has 1 fully saturated rings. The van der Waals surface area contributed by atoms with E-state index in [1.54, 1.807) is 6.20 Å². The molecule has 2 heterocycles. The van der Waals surface area contributed by atoms with E-state index in [2.05, 4.69) is 44.6 Å². The molecule has 0 spiro atoms. The van der Waals surface area contributed by atoms with Crippen LogP contribution >= 0.6 is 0 Å². The van der Waals surface area contributed by atoms with Crippen LogP contribution in [0.25, 0.3) is 5.57 Å². The summed E-state index contributed by atoms with van der Waals surface area (Å²) in [5.41, 5.74) is 3.27. The number of aromatic nitrogens is 2. The average Bonchev–Trinajstić information content (AvgIpc) is 2.89. The van der Waals surface area contributed by atoms with Crippen LogP contribution in [0.2, 0.25) is 0 Å². The minimum Gasteiger partial charge on any atom is -0.351 e. The van der Waals surface area contributed by atoms with Gasteiger partial charge in [0.25, 0.3) is 0 Å². The molecule has 2 aliphatic rings. The molecule has 1 aromatic carbocycles. The first-order chi connectivity index (χ1) is 13.8. The van der Waals surface area contributed by atoms with Gasteiger partial charge in [0.15, 0.2) is 0 Å². The van der Waals surface area contributed by atoms with Crippen LogP contribution in [0.5, 0.6) is 0 Å². The Hall–Kier alpha value is -3.07. The minimum absolute atomic E-state index is 0.414. The molecule has 0 atom stereocenters. The number of hydrogen-bond acceptors (Lipinski definition) is 6. The molecule has 0 radical (unpaired) electrons. The number of anilines is 3. The molecule has 6 heteroatoms. The van der Waals surface area contributed by atoms with E-state index >= 15 is 0 Å². The summed E-state index contributed by atoms with van der Waals surface area (Å²) in [4.78, 5) is 11.2. The average molecular weight is 374 g/mol. The monoisotopic (exact) mass is 374 g/mol. The predicted molar refractivity (Wildman–Crippen MR) is 113 cm³/mol. The molecule has 0 saturated heterocycles. The highest BCUT2D eigenvalue weighted by molar-refractivity contribution is 5.90. The molecule has 144 valence electrons. The number of para-hydroxylation sites is 2. The van der Waals surface area contributed by atoms with E-state index in [4.69, 9.17) is 0 Å². The van der Waals surface area contributed by atoms with Crippen molar-refractivity contribution in [2.75, 3.05) is 22.1 Å². The van der Waals surface area contributed by atoms with Gasteiger partial charge in [0.2, 0.25) is 5.95 Å². The maximum absolute atomic E-state index is 9.93. The zero-order valence-corrected chi connectivity index (χ0v) is 16.3. The van der Waals surface area contributed by atoms with Crippen LogP contribution in [0.1, 0.15) is 51.1 Å². The second kappa shape index (κ2) is 8.30. The molecule has 1 saturated carbocycles. The van der Waals surface area contributed by atoms with Crippen molar-refractivity contribution in [3.63, 3.8) is 0 Å². The number of rotatable bonds is 4. The largest absolute Gasteiger partial charge is 0.351 e. The summed E-state index contributed by atoms with van der Waals surface area (Å²) in [7, 11) is 0. The van der Waals surface area contributed by atoms with E-state index in [-0.39, 0.29) is 0 Å². The van der Waals surface area contributed by atoms with Crippen LogP contribution in [0, 0.1) is 11.3 Å². The van der Waals surface area contributed by atoms with E-state index in [0.717, 1.165) is 36.6 Å². The lowest BCUT2D eigenvalue weighted by atomic mass is 10.1. The summed E-state index contributed by atoms with van der Waals surface area (Å²) in [6.07, 6.45) is 9.15. The van der Waals surface area contributed by atoms with E-state index in [9.17, 15) is 5.26 Å². The zero-order chi connectivity index (χ0) is 19.3. The molecule has 1 aliphatic heterocycles. The summed E-state index contributed by atoms with van der Waals surface area (Å²) in [6.45, 7) is 2.85. The van der Waals surface area contributed by atoms with Crippen LogP contribution in [0.3, 0.4) is 0 Å². The lowest BCUT2D eigenvalue weighted by Crippen LogP contribution is -2.22. The van der Waals surface area contributed by atoms with Gasteiger partial charge < -0.3 is 15.5 Å². The van der Waals surface area contributed by atoms with Gasteiger partial charge in [0.1, 0.15) is 17.5 Å². The van der Waals surface area contributed by atoms with Crippen molar-refractivity contribution in [1.29, 1.82) is 5.26 Å².